The predicted molar refractivity (Wildman–Crippen MR) is 90.0 cm³/mol. The molecule has 0 spiro atoms. The van der Waals surface area contributed by atoms with Crippen molar-refractivity contribution in [1.82, 2.24) is 4.98 Å². The van der Waals surface area contributed by atoms with Crippen LogP contribution in [0.15, 0.2) is 54.7 Å². The molecule has 0 aliphatic carbocycles. The lowest BCUT2D eigenvalue weighted by molar-refractivity contribution is 0.419. The second kappa shape index (κ2) is 6.79. The van der Waals surface area contributed by atoms with E-state index in [9.17, 15) is 5.26 Å². The summed E-state index contributed by atoms with van der Waals surface area (Å²) in [5.41, 5.74) is 2.90. The summed E-state index contributed by atoms with van der Waals surface area (Å²) in [4.78, 5) is 4.34. The largest absolute Gasteiger partial charge is 0.494 e. The zero-order valence-corrected chi connectivity index (χ0v) is 12.7. The number of hydrogen-bond acceptors (Lipinski definition) is 4. The number of fused-ring (bicyclic) bond motifs is 1. The third-order valence-electron chi connectivity index (χ3n) is 3.24. The van der Waals surface area contributed by atoms with Crippen LogP contribution in [0, 0.1) is 11.3 Å². The Morgan fingerprint density at radius 3 is 2.55 bits per heavy atom. The Labute approximate surface area is 134 Å². The van der Waals surface area contributed by atoms with Crippen LogP contribution in [0.4, 0.5) is 11.4 Å². The molecule has 0 bridgehead atoms. The van der Waals surface area contributed by atoms with Gasteiger partial charge in [-0.15, -0.1) is 12.4 Å². The van der Waals surface area contributed by atoms with E-state index in [2.05, 4.69) is 16.4 Å². The Hall–Kier alpha value is -2.77. The van der Waals surface area contributed by atoms with Gasteiger partial charge in [0, 0.05) is 17.3 Å². The van der Waals surface area contributed by atoms with E-state index in [-0.39, 0.29) is 12.4 Å². The molecule has 4 nitrogen and oxygen atoms in total. The second-order valence-electron chi connectivity index (χ2n) is 4.51. The third kappa shape index (κ3) is 2.80. The fourth-order valence-electron chi connectivity index (χ4n) is 2.25. The molecule has 1 heterocycles. The van der Waals surface area contributed by atoms with Gasteiger partial charge in [-0.3, -0.25) is 4.98 Å². The Morgan fingerprint density at radius 1 is 1.09 bits per heavy atom. The summed E-state index contributed by atoms with van der Waals surface area (Å²) in [6, 6.07) is 17.6. The third-order valence-corrected chi connectivity index (χ3v) is 3.24. The van der Waals surface area contributed by atoms with Crippen LogP contribution in [-0.2, 0) is 0 Å². The average Bonchev–Trinajstić information content (AvgIpc) is 2.55. The van der Waals surface area contributed by atoms with Gasteiger partial charge in [0.25, 0.3) is 0 Å². The quantitative estimate of drug-likeness (QED) is 0.784. The van der Waals surface area contributed by atoms with Crippen LogP contribution in [-0.4, -0.2) is 12.1 Å². The highest BCUT2D eigenvalue weighted by Gasteiger charge is 2.11. The topological polar surface area (TPSA) is 57.9 Å². The van der Waals surface area contributed by atoms with Gasteiger partial charge in [-0.25, -0.2) is 0 Å². The number of hydrogen-bond donors (Lipinski definition) is 1. The molecule has 0 aliphatic heterocycles. The number of halogens is 1. The van der Waals surface area contributed by atoms with Crippen molar-refractivity contribution in [2.75, 3.05) is 12.4 Å². The first kappa shape index (κ1) is 15.6. The fraction of sp³-hybridized carbons (Fsp3) is 0.0588. The maximum Gasteiger partial charge on any atom is 0.145 e. The van der Waals surface area contributed by atoms with Crippen LogP contribution in [0.2, 0.25) is 0 Å². The number of methoxy groups -OCH3 is 1. The molecule has 0 saturated carbocycles. The summed E-state index contributed by atoms with van der Waals surface area (Å²) in [7, 11) is 1.61. The van der Waals surface area contributed by atoms with Gasteiger partial charge < -0.3 is 10.1 Å². The highest BCUT2D eigenvalue weighted by atomic mass is 35.5. The number of aromatic nitrogens is 1. The maximum atomic E-state index is 9.32. The number of rotatable bonds is 3. The van der Waals surface area contributed by atoms with Crippen LogP contribution < -0.4 is 10.1 Å². The lowest BCUT2D eigenvalue weighted by Gasteiger charge is -2.12. The molecule has 5 heteroatoms. The van der Waals surface area contributed by atoms with Crippen molar-refractivity contribution in [2.45, 2.75) is 0 Å². The van der Waals surface area contributed by atoms with Crippen molar-refractivity contribution in [3.05, 3.63) is 60.3 Å². The molecule has 0 amide bonds. The van der Waals surface area contributed by atoms with Gasteiger partial charge in [-0.1, -0.05) is 30.3 Å². The molecular weight excluding hydrogens is 298 g/mol. The first-order valence-electron chi connectivity index (χ1n) is 6.51. The Morgan fingerprint density at radius 2 is 1.86 bits per heavy atom. The van der Waals surface area contributed by atoms with Gasteiger partial charge in [-0.05, 0) is 18.2 Å². The SMILES string of the molecule is COc1cccc2c(Nc3ccccc3)c(C#N)cnc12.Cl. The summed E-state index contributed by atoms with van der Waals surface area (Å²) in [5.74, 6) is 0.688. The van der Waals surface area contributed by atoms with E-state index in [0.717, 1.165) is 22.3 Å². The van der Waals surface area contributed by atoms with E-state index in [1.807, 2.05) is 48.5 Å². The van der Waals surface area contributed by atoms with Crippen LogP contribution in [0.5, 0.6) is 5.75 Å². The van der Waals surface area contributed by atoms with Gasteiger partial charge in [0.15, 0.2) is 0 Å². The molecule has 0 fully saturated rings. The second-order valence-corrected chi connectivity index (χ2v) is 4.51. The normalized spacial score (nSPS) is 9.64. The van der Waals surface area contributed by atoms with E-state index < -0.39 is 0 Å². The van der Waals surface area contributed by atoms with Gasteiger partial charge in [0.2, 0.25) is 0 Å². The van der Waals surface area contributed by atoms with E-state index >= 15 is 0 Å². The number of nitriles is 1. The van der Waals surface area contributed by atoms with Crippen LogP contribution in [0.3, 0.4) is 0 Å². The minimum Gasteiger partial charge on any atom is -0.494 e. The van der Waals surface area contributed by atoms with Gasteiger partial charge >= 0.3 is 0 Å². The number of nitrogens with zero attached hydrogens (tertiary/aromatic N) is 2. The molecule has 1 N–H and O–H groups in total. The van der Waals surface area contributed by atoms with Crippen LogP contribution in [0.25, 0.3) is 10.9 Å². The van der Waals surface area contributed by atoms with Crippen molar-refractivity contribution < 1.29 is 4.74 Å². The molecule has 110 valence electrons. The number of para-hydroxylation sites is 2. The number of ether oxygens (including phenoxy) is 1. The van der Waals surface area contributed by atoms with Gasteiger partial charge in [0.05, 0.1) is 18.4 Å². The Kier molecular flexibility index (Phi) is 4.82. The summed E-state index contributed by atoms with van der Waals surface area (Å²) < 4.78 is 5.33. The molecular formula is C17H14ClN3O. The summed E-state index contributed by atoms with van der Waals surface area (Å²) in [6.07, 6.45) is 1.57. The highest BCUT2D eigenvalue weighted by Crippen LogP contribution is 2.32. The first-order chi connectivity index (χ1) is 10.3. The van der Waals surface area contributed by atoms with Crippen molar-refractivity contribution in [2.24, 2.45) is 0 Å². The molecule has 0 atom stereocenters. The van der Waals surface area contributed by atoms with Crippen LogP contribution in [0.1, 0.15) is 5.56 Å². The average molecular weight is 312 g/mol. The van der Waals surface area contributed by atoms with Crippen molar-refractivity contribution in [3.8, 4) is 11.8 Å². The van der Waals surface area contributed by atoms with E-state index in [4.69, 9.17) is 4.74 Å². The molecule has 2 aromatic carbocycles. The molecule has 0 saturated heterocycles. The number of benzene rings is 2. The van der Waals surface area contributed by atoms with Gasteiger partial charge in [-0.2, -0.15) is 5.26 Å². The predicted octanol–water partition coefficient (Wildman–Crippen LogP) is 4.28. The minimum absolute atomic E-state index is 0. The number of pyridine rings is 1. The highest BCUT2D eigenvalue weighted by molar-refractivity contribution is 5.98. The minimum atomic E-state index is 0. The summed E-state index contributed by atoms with van der Waals surface area (Å²) in [5, 5.41) is 13.5. The standard InChI is InChI=1S/C17H13N3O.ClH/c1-21-15-9-5-8-14-16(12(10-18)11-19-17(14)15)20-13-6-3-2-4-7-13;/h2-9,11H,1H3,(H,19,20);1H. The molecule has 1 aromatic heterocycles. The fourth-order valence-corrected chi connectivity index (χ4v) is 2.25. The van der Waals surface area contributed by atoms with Crippen molar-refractivity contribution in [1.29, 1.82) is 5.26 Å². The van der Waals surface area contributed by atoms with E-state index in [1.54, 1.807) is 13.3 Å². The molecule has 3 rings (SSSR count). The molecule has 3 aromatic rings. The smallest absolute Gasteiger partial charge is 0.145 e. The van der Waals surface area contributed by atoms with Crippen molar-refractivity contribution >= 4 is 34.7 Å². The molecule has 22 heavy (non-hydrogen) atoms. The number of anilines is 2. The van der Waals surface area contributed by atoms with Crippen LogP contribution >= 0.6 is 12.4 Å². The zero-order chi connectivity index (χ0) is 14.7. The summed E-state index contributed by atoms with van der Waals surface area (Å²) in [6.45, 7) is 0. The maximum absolute atomic E-state index is 9.32. The zero-order valence-electron chi connectivity index (χ0n) is 11.9. The first-order valence-corrected chi connectivity index (χ1v) is 6.51. The number of nitrogens with one attached hydrogen (secondary N) is 1. The van der Waals surface area contributed by atoms with E-state index in [0.29, 0.717) is 11.3 Å². The van der Waals surface area contributed by atoms with Crippen molar-refractivity contribution in [3.63, 3.8) is 0 Å². The Balaban J connectivity index is 0.00000176. The lowest BCUT2D eigenvalue weighted by atomic mass is 10.1. The molecule has 0 aliphatic rings. The monoisotopic (exact) mass is 311 g/mol. The van der Waals surface area contributed by atoms with E-state index in [1.165, 1.54) is 0 Å². The lowest BCUT2D eigenvalue weighted by Crippen LogP contribution is -1.97. The molecule has 0 radical (unpaired) electrons. The Bertz CT molecular complexity index is 828. The molecule has 0 unspecified atom stereocenters. The van der Waals surface area contributed by atoms with Gasteiger partial charge in [0.1, 0.15) is 17.3 Å². The summed E-state index contributed by atoms with van der Waals surface area (Å²) >= 11 is 0.